The monoisotopic (exact) mass is 358 g/mol. The molecular weight excluding hydrogens is 347 g/mol. The Morgan fingerprint density at radius 3 is 3.00 bits per heavy atom. The molecule has 0 amide bonds. The lowest BCUT2D eigenvalue weighted by molar-refractivity contribution is 0.742. The third kappa shape index (κ3) is 2.10. The number of allylic oxidation sites excluding steroid dienone is 2. The number of nitrogens with one attached hydrogen (secondary N) is 1. The Morgan fingerprint density at radius 1 is 1.35 bits per heavy atom. The van der Waals surface area contributed by atoms with E-state index in [1.54, 1.807) is 6.20 Å². The largest absolute Gasteiger partial charge is 0.334 e. The van der Waals surface area contributed by atoms with Crippen LogP contribution in [0.25, 0.3) is 16.6 Å². The van der Waals surface area contributed by atoms with Gasteiger partial charge in [0.15, 0.2) is 0 Å². The maximum absolute atomic E-state index is 6.04. The van der Waals surface area contributed by atoms with Crippen molar-refractivity contribution in [2.24, 2.45) is 0 Å². The summed E-state index contributed by atoms with van der Waals surface area (Å²) in [5.41, 5.74) is 3.67. The van der Waals surface area contributed by atoms with Gasteiger partial charge in [-0.1, -0.05) is 17.7 Å². The average Bonchev–Trinajstić information content (AvgIpc) is 2.65. The highest BCUT2D eigenvalue weighted by Gasteiger charge is 2.16. The van der Waals surface area contributed by atoms with Gasteiger partial charge in [-0.2, -0.15) is 0 Å². The lowest BCUT2D eigenvalue weighted by Gasteiger charge is -2.12. The van der Waals surface area contributed by atoms with Crippen molar-refractivity contribution < 1.29 is 0 Å². The van der Waals surface area contributed by atoms with E-state index in [1.807, 2.05) is 6.07 Å². The topological polar surface area (TPSA) is 28.7 Å². The number of aromatic nitrogens is 2. The Kier molecular flexibility index (Phi) is 3.13. The van der Waals surface area contributed by atoms with Gasteiger partial charge >= 0.3 is 0 Å². The molecule has 0 unspecified atom stereocenters. The minimum Gasteiger partial charge on any atom is -0.334 e. The molecule has 0 aromatic carbocycles. The normalized spacial score (nSPS) is 16.2. The fraction of sp³-hybridized carbons (Fsp3) is 0.308. The second-order valence-electron chi connectivity index (χ2n) is 4.34. The van der Waals surface area contributed by atoms with Crippen molar-refractivity contribution in [3.8, 4) is 0 Å². The third-order valence-electron chi connectivity index (χ3n) is 3.18. The van der Waals surface area contributed by atoms with Gasteiger partial charge in [-0.15, -0.1) is 0 Å². The number of nitrogens with zero attached hydrogens (tertiary/aromatic N) is 1. The lowest BCUT2D eigenvalue weighted by Crippen LogP contribution is -1.92. The van der Waals surface area contributed by atoms with E-state index in [9.17, 15) is 0 Å². The second-order valence-corrected chi connectivity index (χ2v) is 5.85. The predicted octanol–water partition coefficient (Wildman–Crippen LogP) is 4.78. The zero-order valence-electron chi connectivity index (χ0n) is 9.26. The molecule has 1 N–H and O–H groups in total. The summed E-state index contributed by atoms with van der Waals surface area (Å²) in [6, 6.07) is 2.01. The fourth-order valence-corrected chi connectivity index (χ4v) is 3.44. The number of rotatable bonds is 1. The number of aromatic amines is 1. The Bertz CT molecular complexity index is 601. The molecule has 0 saturated carbocycles. The van der Waals surface area contributed by atoms with Crippen LogP contribution in [0.4, 0.5) is 0 Å². The van der Waals surface area contributed by atoms with Crippen molar-refractivity contribution in [2.45, 2.75) is 25.7 Å². The molecule has 2 aromatic heterocycles. The highest BCUT2D eigenvalue weighted by atomic mass is 127. The van der Waals surface area contributed by atoms with Crippen LogP contribution < -0.4 is 0 Å². The molecule has 1 aliphatic carbocycles. The minimum atomic E-state index is 0.700. The van der Waals surface area contributed by atoms with E-state index in [-0.39, 0.29) is 0 Å². The van der Waals surface area contributed by atoms with E-state index in [4.69, 9.17) is 11.6 Å². The molecule has 2 nitrogen and oxygen atoms in total. The van der Waals surface area contributed by atoms with Crippen molar-refractivity contribution in [3.63, 3.8) is 0 Å². The summed E-state index contributed by atoms with van der Waals surface area (Å²) < 4.78 is 1.17. The minimum absolute atomic E-state index is 0.700. The van der Waals surface area contributed by atoms with Gasteiger partial charge in [0.2, 0.25) is 0 Å². The number of hydrogen-bond acceptors (Lipinski definition) is 1. The van der Waals surface area contributed by atoms with Gasteiger partial charge in [-0.05, 0) is 59.9 Å². The van der Waals surface area contributed by atoms with Gasteiger partial charge in [0, 0.05) is 17.1 Å². The van der Waals surface area contributed by atoms with Crippen LogP contribution in [0.5, 0.6) is 0 Å². The molecule has 0 saturated heterocycles. The van der Waals surface area contributed by atoms with Crippen molar-refractivity contribution >= 4 is 50.8 Å². The van der Waals surface area contributed by atoms with Crippen molar-refractivity contribution in [2.75, 3.05) is 0 Å². The first-order valence-corrected chi connectivity index (χ1v) is 7.23. The molecule has 1 aliphatic rings. The number of halogens is 2. The van der Waals surface area contributed by atoms with Crippen molar-refractivity contribution in [1.82, 2.24) is 9.97 Å². The van der Waals surface area contributed by atoms with Crippen LogP contribution in [0, 0.1) is 3.70 Å². The molecule has 0 fully saturated rings. The standard InChI is InChI=1S/C13H12ClIN2/c14-9-6-10-11(8-4-2-1-3-5-8)12(15)17-13(10)16-7-9/h4,6-7H,1-3,5H2,(H,16,17). The number of pyridine rings is 1. The van der Waals surface area contributed by atoms with Crippen LogP contribution in [-0.2, 0) is 0 Å². The molecule has 0 atom stereocenters. The second kappa shape index (κ2) is 4.61. The van der Waals surface area contributed by atoms with Crippen LogP contribution in [0.3, 0.4) is 0 Å². The van der Waals surface area contributed by atoms with Crippen molar-refractivity contribution in [3.05, 3.63) is 32.6 Å². The SMILES string of the molecule is Clc1cnc2[nH]c(I)c(C3=CCCCC3)c2c1. The summed E-state index contributed by atoms with van der Waals surface area (Å²) >= 11 is 8.39. The number of fused-ring (bicyclic) bond motifs is 1. The van der Waals surface area contributed by atoms with Crippen LogP contribution in [0.15, 0.2) is 18.3 Å². The summed E-state index contributed by atoms with van der Waals surface area (Å²) in [4.78, 5) is 7.67. The van der Waals surface area contributed by atoms with Gasteiger partial charge < -0.3 is 4.98 Å². The van der Waals surface area contributed by atoms with E-state index < -0.39 is 0 Å². The molecule has 0 bridgehead atoms. The first kappa shape index (κ1) is 11.5. The van der Waals surface area contributed by atoms with E-state index in [2.05, 4.69) is 38.6 Å². The Labute approximate surface area is 119 Å². The molecule has 2 aromatic rings. The zero-order valence-corrected chi connectivity index (χ0v) is 12.2. The van der Waals surface area contributed by atoms with Gasteiger partial charge in [0.25, 0.3) is 0 Å². The van der Waals surface area contributed by atoms with Crippen LogP contribution in [0.2, 0.25) is 5.02 Å². The molecule has 4 heteroatoms. The molecule has 88 valence electrons. The molecule has 0 radical (unpaired) electrons. The molecule has 17 heavy (non-hydrogen) atoms. The smallest absolute Gasteiger partial charge is 0.138 e. The first-order valence-electron chi connectivity index (χ1n) is 5.78. The Morgan fingerprint density at radius 2 is 2.24 bits per heavy atom. The number of H-pyrrole nitrogens is 1. The third-order valence-corrected chi connectivity index (χ3v) is 4.20. The van der Waals surface area contributed by atoms with Gasteiger partial charge in [0.05, 0.1) is 8.72 Å². The molecule has 2 heterocycles. The van der Waals surface area contributed by atoms with Gasteiger partial charge in [0.1, 0.15) is 5.65 Å². The first-order chi connectivity index (χ1) is 8.25. The molecule has 0 aliphatic heterocycles. The summed E-state index contributed by atoms with van der Waals surface area (Å²) in [5.74, 6) is 0. The maximum Gasteiger partial charge on any atom is 0.138 e. The molecule has 0 spiro atoms. The summed E-state index contributed by atoms with van der Waals surface area (Å²) in [5, 5.41) is 1.85. The Hall–Kier alpha value is -0.550. The summed E-state index contributed by atoms with van der Waals surface area (Å²) in [6.07, 6.45) is 8.98. The van der Waals surface area contributed by atoms with Crippen LogP contribution in [0.1, 0.15) is 31.2 Å². The fourth-order valence-electron chi connectivity index (χ4n) is 2.39. The quantitative estimate of drug-likeness (QED) is 0.730. The van der Waals surface area contributed by atoms with Crippen LogP contribution in [-0.4, -0.2) is 9.97 Å². The Balaban J connectivity index is 2.23. The van der Waals surface area contributed by atoms with Gasteiger partial charge in [-0.3, -0.25) is 0 Å². The lowest BCUT2D eigenvalue weighted by atomic mass is 9.94. The van der Waals surface area contributed by atoms with E-state index in [0.717, 1.165) is 17.5 Å². The number of hydrogen-bond donors (Lipinski definition) is 1. The summed E-state index contributed by atoms with van der Waals surface area (Å²) in [6.45, 7) is 0. The highest BCUT2D eigenvalue weighted by Crippen LogP contribution is 2.35. The van der Waals surface area contributed by atoms with Gasteiger partial charge in [-0.25, -0.2) is 4.98 Å². The van der Waals surface area contributed by atoms with E-state index >= 15 is 0 Å². The summed E-state index contributed by atoms with van der Waals surface area (Å²) in [7, 11) is 0. The van der Waals surface area contributed by atoms with Crippen molar-refractivity contribution in [1.29, 1.82) is 0 Å². The highest BCUT2D eigenvalue weighted by molar-refractivity contribution is 14.1. The maximum atomic E-state index is 6.04. The molecular formula is C13H12ClIN2. The van der Waals surface area contributed by atoms with Crippen LogP contribution >= 0.6 is 34.2 Å². The van der Waals surface area contributed by atoms with E-state index in [1.165, 1.54) is 34.1 Å². The van der Waals surface area contributed by atoms with E-state index in [0.29, 0.717) is 5.02 Å². The predicted molar refractivity (Wildman–Crippen MR) is 80.3 cm³/mol. The molecule has 3 rings (SSSR count). The average molecular weight is 359 g/mol. The zero-order chi connectivity index (χ0) is 11.8.